The van der Waals surface area contributed by atoms with Crippen LogP contribution in [-0.4, -0.2) is 35.5 Å². The molecule has 90 valence electrons. The van der Waals surface area contributed by atoms with Crippen LogP contribution in [0.3, 0.4) is 0 Å². The van der Waals surface area contributed by atoms with Gasteiger partial charge in [0.05, 0.1) is 6.61 Å². The van der Waals surface area contributed by atoms with Gasteiger partial charge in [-0.15, -0.1) is 0 Å². The minimum absolute atomic E-state index is 0.147. The molecule has 6 heteroatoms. The average molecular weight is 244 g/mol. The monoisotopic (exact) mass is 244 g/mol. The summed E-state index contributed by atoms with van der Waals surface area (Å²) in [6.07, 6.45) is 3.41. The van der Waals surface area contributed by atoms with Gasteiger partial charge >= 0.3 is 0 Å². The van der Waals surface area contributed by atoms with Gasteiger partial charge in [0.2, 0.25) is 10.0 Å². The zero-order valence-corrected chi connectivity index (χ0v) is 10.1. The summed E-state index contributed by atoms with van der Waals surface area (Å²) in [7, 11) is -1.62. The Morgan fingerprint density at radius 2 is 2.00 bits per heavy atom. The molecule has 5 nitrogen and oxygen atoms in total. The number of aliphatic hydroxyl groups excluding tert-OH is 1. The number of nitrogens with zero attached hydrogens (tertiary/aromatic N) is 2. The second kappa shape index (κ2) is 4.20. The number of aryl methyl sites for hydroxylation is 1. The minimum Gasteiger partial charge on any atom is -0.390 e. The predicted octanol–water partition coefficient (Wildman–Crippen LogP) is 0.302. The van der Waals surface area contributed by atoms with E-state index in [1.165, 1.54) is 10.4 Å². The highest BCUT2D eigenvalue weighted by atomic mass is 32.2. The normalized spacial score (nSPS) is 18.1. The van der Waals surface area contributed by atoms with E-state index in [1.54, 1.807) is 17.8 Å². The summed E-state index contributed by atoms with van der Waals surface area (Å²) in [6.45, 7) is 1.06. The van der Waals surface area contributed by atoms with E-state index in [1.807, 2.05) is 0 Å². The summed E-state index contributed by atoms with van der Waals surface area (Å²) in [5.74, 6) is 0. The molecular weight excluding hydrogens is 228 g/mol. The summed E-state index contributed by atoms with van der Waals surface area (Å²) in [5, 5.41) is 9.03. The zero-order chi connectivity index (χ0) is 11.8. The summed E-state index contributed by atoms with van der Waals surface area (Å²) in [4.78, 5) is 0.279. The molecule has 0 saturated carbocycles. The van der Waals surface area contributed by atoms with Crippen LogP contribution < -0.4 is 0 Å². The fourth-order valence-electron chi connectivity index (χ4n) is 1.95. The van der Waals surface area contributed by atoms with Gasteiger partial charge in [0.15, 0.2) is 0 Å². The van der Waals surface area contributed by atoms with Gasteiger partial charge in [0, 0.05) is 32.0 Å². The number of hydrogen-bond donors (Lipinski definition) is 1. The van der Waals surface area contributed by atoms with Crippen LogP contribution in [0, 0.1) is 0 Å². The predicted molar refractivity (Wildman–Crippen MR) is 59.3 cm³/mol. The lowest BCUT2D eigenvalue weighted by Gasteiger charge is -2.13. The zero-order valence-electron chi connectivity index (χ0n) is 9.26. The molecule has 0 aliphatic carbocycles. The molecule has 1 aromatic heterocycles. The number of sulfonamides is 1. The second-order valence-corrected chi connectivity index (χ2v) is 5.99. The Kier molecular flexibility index (Phi) is 3.05. The molecule has 0 spiro atoms. The maximum Gasteiger partial charge on any atom is 0.244 e. The van der Waals surface area contributed by atoms with Crippen molar-refractivity contribution < 1.29 is 13.5 Å². The third kappa shape index (κ3) is 1.88. The molecule has 0 radical (unpaired) electrons. The molecule has 1 aliphatic rings. The van der Waals surface area contributed by atoms with E-state index in [0.29, 0.717) is 18.8 Å². The van der Waals surface area contributed by atoms with Gasteiger partial charge in [-0.2, -0.15) is 4.31 Å². The summed E-state index contributed by atoms with van der Waals surface area (Å²) in [6, 6.07) is 1.54. The molecule has 1 aromatic rings. The lowest BCUT2D eigenvalue weighted by molar-refractivity contribution is 0.272. The van der Waals surface area contributed by atoms with E-state index < -0.39 is 10.0 Å². The molecule has 16 heavy (non-hydrogen) atoms. The molecule has 0 bridgehead atoms. The highest BCUT2D eigenvalue weighted by Gasteiger charge is 2.28. The molecule has 2 heterocycles. The smallest absolute Gasteiger partial charge is 0.244 e. The Labute approximate surface area is 95.3 Å². The SMILES string of the molecule is Cn1cc(S(=O)(=O)N2CCCC2)cc1CO. The molecule has 0 atom stereocenters. The van der Waals surface area contributed by atoms with E-state index >= 15 is 0 Å². The Morgan fingerprint density at radius 3 is 2.50 bits per heavy atom. The van der Waals surface area contributed by atoms with Gasteiger partial charge in [0.1, 0.15) is 4.90 Å². The van der Waals surface area contributed by atoms with Crippen LogP contribution in [0.1, 0.15) is 18.5 Å². The van der Waals surface area contributed by atoms with E-state index in [-0.39, 0.29) is 11.5 Å². The molecular formula is C10H16N2O3S. The molecule has 0 aromatic carbocycles. The van der Waals surface area contributed by atoms with Gasteiger partial charge in [0.25, 0.3) is 0 Å². The van der Waals surface area contributed by atoms with Gasteiger partial charge in [-0.25, -0.2) is 8.42 Å². The first-order valence-electron chi connectivity index (χ1n) is 5.32. The van der Waals surface area contributed by atoms with Crippen LogP contribution in [0.5, 0.6) is 0 Å². The molecule has 2 rings (SSSR count). The first kappa shape index (κ1) is 11.6. The second-order valence-electron chi connectivity index (χ2n) is 4.05. The Hall–Kier alpha value is -0.850. The fourth-order valence-corrected chi connectivity index (χ4v) is 3.57. The summed E-state index contributed by atoms with van der Waals surface area (Å²) in [5.41, 5.74) is 0.609. The molecule has 1 fully saturated rings. The number of rotatable bonds is 3. The summed E-state index contributed by atoms with van der Waals surface area (Å²) < 4.78 is 27.4. The molecule has 1 aliphatic heterocycles. The van der Waals surface area contributed by atoms with E-state index in [9.17, 15) is 8.42 Å². The third-order valence-corrected chi connectivity index (χ3v) is 4.81. The van der Waals surface area contributed by atoms with Crippen LogP contribution in [0.2, 0.25) is 0 Å². The standard InChI is InChI=1S/C10H16N2O3S/c1-11-7-10(6-9(11)8-13)16(14,15)12-4-2-3-5-12/h6-7,13H,2-5,8H2,1H3. The lowest BCUT2D eigenvalue weighted by atomic mass is 10.4. The number of hydrogen-bond acceptors (Lipinski definition) is 3. The van der Waals surface area contributed by atoms with Crippen molar-refractivity contribution in [1.82, 2.24) is 8.87 Å². The van der Waals surface area contributed by atoms with E-state index in [0.717, 1.165) is 12.8 Å². The maximum atomic E-state index is 12.1. The van der Waals surface area contributed by atoms with Crippen LogP contribution in [0.4, 0.5) is 0 Å². The van der Waals surface area contributed by atoms with Crippen LogP contribution in [0.15, 0.2) is 17.2 Å². The van der Waals surface area contributed by atoms with Crippen molar-refractivity contribution in [1.29, 1.82) is 0 Å². The Morgan fingerprint density at radius 1 is 1.38 bits per heavy atom. The molecule has 1 N–H and O–H groups in total. The van der Waals surface area contributed by atoms with Crippen molar-refractivity contribution in [2.75, 3.05) is 13.1 Å². The van der Waals surface area contributed by atoms with Crippen LogP contribution >= 0.6 is 0 Å². The van der Waals surface area contributed by atoms with Crippen molar-refractivity contribution in [3.05, 3.63) is 18.0 Å². The fraction of sp³-hybridized carbons (Fsp3) is 0.600. The Balaban J connectivity index is 2.35. The molecule has 0 unspecified atom stereocenters. The Bertz CT molecular complexity index is 472. The first-order chi connectivity index (χ1) is 7.55. The quantitative estimate of drug-likeness (QED) is 0.832. The van der Waals surface area contributed by atoms with Crippen molar-refractivity contribution >= 4 is 10.0 Å². The van der Waals surface area contributed by atoms with Crippen molar-refractivity contribution in [3.8, 4) is 0 Å². The maximum absolute atomic E-state index is 12.1. The van der Waals surface area contributed by atoms with Crippen LogP contribution in [0.25, 0.3) is 0 Å². The van der Waals surface area contributed by atoms with Gasteiger partial charge in [-0.1, -0.05) is 0 Å². The first-order valence-corrected chi connectivity index (χ1v) is 6.76. The highest BCUT2D eigenvalue weighted by molar-refractivity contribution is 7.89. The topological polar surface area (TPSA) is 62.5 Å². The lowest BCUT2D eigenvalue weighted by Crippen LogP contribution is -2.27. The number of aromatic nitrogens is 1. The van der Waals surface area contributed by atoms with Crippen molar-refractivity contribution in [3.63, 3.8) is 0 Å². The van der Waals surface area contributed by atoms with Crippen LogP contribution in [-0.2, 0) is 23.7 Å². The highest BCUT2D eigenvalue weighted by Crippen LogP contribution is 2.22. The van der Waals surface area contributed by atoms with E-state index in [2.05, 4.69) is 0 Å². The third-order valence-electron chi connectivity index (χ3n) is 2.95. The van der Waals surface area contributed by atoms with E-state index in [4.69, 9.17) is 5.11 Å². The minimum atomic E-state index is -3.35. The molecule has 0 amide bonds. The molecule has 1 saturated heterocycles. The average Bonchev–Trinajstić information content (AvgIpc) is 2.85. The van der Waals surface area contributed by atoms with Crippen molar-refractivity contribution in [2.24, 2.45) is 7.05 Å². The van der Waals surface area contributed by atoms with Gasteiger partial charge in [-0.05, 0) is 18.9 Å². The van der Waals surface area contributed by atoms with Crippen molar-refractivity contribution in [2.45, 2.75) is 24.3 Å². The number of aliphatic hydroxyl groups is 1. The van der Waals surface area contributed by atoms with Gasteiger partial charge in [-0.3, -0.25) is 0 Å². The summed E-state index contributed by atoms with van der Waals surface area (Å²) >= 11 is 0. The van der Waals surface area contributed by atoms with Gasteiger partial charge < -0.3 is 9.67 Å². The largest absolute Gasteiger partial charge is 0.390 e.